The van der Waals surface area contributed by atoms with Crippen molar-refractivity contribution in [3.05, 3.63) is 48.3 Å². The molecule has 104 valence electrons. The van der Waals surface area contributed by atoms with Gasteiger partial charge >= 0.3 is 134 Å². The average Bonchev–Trinajstić information content (AvgIpc) is 2.89. The Hall–Kier alpha value is -1.08. The van der Waals surface area contributed by atoms with E-state index in [2.05, 4.69) is 38.5 Å². The van der Waals surface area contributed by atoms with E-state index in [0.717, 1.165) is 37.3 Å². The average molecular weight is 490 g/mol. The number of fused-ring (bicyclic) bond motifs is 1. The Morgan fingerprint density at radius 2 is 1.95 bits per heavy atom. The zero-order chi connectivity index (χ0) is 14.8. The topological polar surface area (TPSA) is 27.1 Å². The van der Waals surface area contributed by atoms with Gasteiger partial charge in [0.1, 0.15) is 0 Å². The molecule has 0 aliphatic carbocycles. The normalized spacial score (nSPS) is 10.9. The monoisotopic (exact) mass is 490 g/mol. The van der Waals surface area contributed by atoms with Crippen LogP contribution in [0.25, 0.3) is 22.2 Å². The van der Waals surface area contributed by atoms with E-state index in [1.165, 1.54) is 22.2 Å². The summed E-state index contributed by atoms with van der Waals surface area (Å²) in [6, 6.07) is 12.5. The molecule has 1 heterocycles. The SMILES string of the molecule is Cc1c(-c2ccc(OCCCl)cc2)ccc2c1nc[n]2[Tl]. The van der Waals surface area contributed by atoms with E-state index in [9.17, 15) is 0 Å². The number of aryl methyl sites for hydroxylation is 1. The second-order valence-corrected chi connectivity index (χ2v) is 7.36. The molecular formula is C16H14ClN2OTl. The van der Waals surface area contributed by atoms with Gasteiger partial charge in [-0.3, -0.25) is 0 Å². The number of halogens is 1. The van der Waals surface area contributed by atoms with Crippen molar-refractivity contribution in [3.8, 4) is 16.9 Å². The van der Waals surface area contributed by atoms with Crippen LogP contribution < -0.4 is 4.74 Å². The predicted molar refractivity (Wildman–Crippen MR) is 87.3 cm³/mol. The molecule has 1 aromatic heterocycles. The van der Waals surface area contributed by atoms with Gasteiger partial charge in [0.2, 0.25) is 0 Å². The van der Waals surface area contributed by atoms with Crippen LogP contribution in [0.4, 0.5) is 0 Å². The zero-order valence-corrected chi connectivity index (χ0v) is 17.0. The van der Waals surface area contributed by atoms with E-state index in [1.54, 1.807) is 0 Å². The Labute approximate surface area is 145 Å². The van der Waals surface area contributed by atoms with Crippen molar-refractivity contribution in [3.63, 3.8) is 0 Å². The molecule has 0 spiro atoms. The Morgan fingerprint density at radius 3 is 2.67 bits per heavy atom. The fourth-order valence-electron chi connectivity index (χ4n) is 2.44. The third-order valence-electron chi connectivity index (χ3n) is 3.51. The van der Waals surface area contributed by atoms with Crippen LogP contribution >= 0.6 is 11.6 Å². The van der Waals surface area contributed by atoms with Crippen molar-refractivity contribution in [2.45, 2.75) is 6.92 Å². The first-order chi connectivity index (χ1) is 10.2. The molecule has 3 nitrogen and oxygen atoms in total. The minimum atomic E-state index is 0.501. The molecule has 0 radical (unpaired) electrons. The van der Waals surface area contributed by atoms with Gasteiger partial charge in [0, 0.05) is 0 Å². The number of aromatic nitrogens is 2. The van der Waals surface area contributed by atoms with Crippen LogP contribution in [0.3, 0.4) is 0 Å². The maximum atomic E-state index is 5.63. The third-order valence-corrected chi connectivity index (χ3v) is 5.26. The van der Waals surface area contributed by atoms with E-state index in [1.807, 2.05) is 18.5 Å². The van der Waals surface area contributed by atoms with Crippen LogP contribution in [0.5, 0.6) is 5.75 Å². The van der Waals surface area contributed by atoms with Gasteiger partial charge < -0.3 is 0 Å². The van der Waals surface area contributed by atoms with Gasteiger partial charge in [-0.05, 0) is 0 Å². The maximum absolute atomic E-state index is 5.63. The summed E-state index contributed by atoms with van der Waals surface area (Å²) >= 11 is 6.37. The Balaban J connectivity index is 1.98. The fourth-order valence-corrected chi connectivity index (χ4v) is 3.59. The summed E-state index contributed by atoms with van der Waals surface area (Å²) in [6.45, 7) is 2.66. The fraction of sp³-hybridized carbons (Fsp3) is 0.188. The summed E-state index contributed by atoms with van der Waals surface area (Å²) in [7, 11) is 0. The number of alkyl halides is 1. The number of hydrogen-bond donors (Lipinski definition) is 0. The molecule has 21 heavy (non-hydrogen) atoms. The number of benzene rings is 2. The van der Waals surface area contributed by atoms with Crippen LogP contribution in [0.2, 0.25) is 0 Å². The van der Waals surface area contributed by atoms with E-state index >= 15 is 0 Å². The van der Waals surface area contributed by atoms with Gasteiger partial charge in [0.05, 0.1) is 0 Å². The molecule has 0 aliphatic heterocycles. The first-order valence-electron chi connectivity index (χ1n) is 6.71. The van der Waals surface area contributed by atoms with Crippen LogP contribution in [0.1, 0.15) is 5.56 Å². The molecule has 0 fully saturated rings. The molecule has 2 aromatic carbocycles. The minimum absolute atomic E-state index is 0.501. The van der Waals surface area contributed by atoms with Gasteiger partial charge in [0.15, 0.2) is 0 Å². The molecule has 0 N–H and O–H groups in total. The first kappa shape index (κ1) is 14.8. The quantitative estimate of drug-likeness (QED) is 0.414. The predicted octanol–water partition coefficient (Wildman–Crippen LogP) is 3.56. The third kappa shape index (κ3) is 2.94. The second-order valence-electron chi connectivity index (χ2n) is 4.82. The number of hydrogen-bond acceptors (Lipinski definition) is 2. The molecule has 0 amide bonds. The first-order valence-corrected chi connectivity index (χ1v) is 9.26. The van der Waals surface area contributed by atoms with Crippen LogP contribution in [0, 0.1) is 6.92 Å². The van der Waals surface area contributed by atoms with Crippen LogP contribution in [0.15, 0.2) is 42.7 Å². The van der Waals surface area contributed by atoms with E-state index in [-0.39, 0.29) is 0 Å². The van der Waals surface area contributed by atoms with Crippen LogP contribution in [-0.2, 0) is 0 Å². The molecule has 0 atom stereocenters. The Kier molecular flexibility index (Phi) is 4.49. The van der Waals surface area contributed by atoms with E-state index in [0.29, 0.717) is 12.5 Å². The molecule has 0 saturated heterocycles. The van der Waals surface area contributed by atoms with Gasteiger partial charge in [-0.2, -0.15) is 0 Å². The molecule has 5 heteroatoms. The molecular weight excluding hydrogens is 476 g/mol. The zero-order valence-electron chi connectivity index (χ0n) is 11.7. The molecule has 3 rings (SSSR count). The standard InChI is InChI=1S/C16H14ClN2O.Tl/c1-11-14(6-7-15-16(11)19-10-18-15)12-2-4-13(5-3-12)20-9-8-17;/h2-7,10H,8-9H2,1H3;/q-1;+1. The summed E-state index contributed by atoms with van der Waals surface area (Å²) < 4.78 is 7.71. The van der Waals surface area contributed by atoms with Gasteiger partial charge in [-0.15, -0.1) is 11.6 Å². The van der Waals surface area contributed by atoms with Crippen molar-refractivity contribution in [1.82, 2.24) is 7.36 Å². The molecule has 0 saturated carbocycles. The van der Waals surface area contributed by atoms with Crippen molar-refractivity contribution < 1.29 is 4.74 Å². The Morgan fingerprint density at radius 1 is 1.19 bits per heavy atom. The molecule has 0 aliphatic rings. The van der Waals surface area contributed by atoms with Crippen molar-refractivity contribution in [2.75, 3.05) is 12.5 Å². The van der Waals surface area contributed by atoms with Crippen molar-refractivity contribution >= 4 is 48.7 Å². The van der Waals surface area contributed by atoms with E-state index < -0.39 is 0 Å². The summed E-state index contributed by atoms with van der Waals surface area (Å²) in [5.74, 6) is 1.35. The van der Waals surface area contributed by atoms with E-state index in [4.69, 9.17) is 16.3 Å². The second kappa shape index (κ2) is 6.36. The molecule has 0 bridgehead atoms. The number of rotatable bonds is 4. The van der Waals surface area contributed by atoms with Crippen molar-refractivity contribution in [2.24, 2.45) is 0 Å². The number of ether oxygens (including phenoxy) is 1. The summed E-state index contributed by atoms with van der Waals surface area (Å²) in [6.07, 6.45) is 1.93. The molecule has 3 aromatic rings. The van der Waals surface area contributed by atoms with Crippen molar-refractivity contribution in [1.29, 1.82) is 0 Å². The molecule has 0 unspecified atom stereocenters. The number of imidazole rings is 1. The Bertz CT molecular complexity index is 768. The summed E-state index contributed by atoms with van der Waals surface area (Å²) in [5.41, 5.74) is 5.94. The summed E-state index contributed by atoms with van der Waals surface area (Å²) in [5, 5.41) is 0. The van der Waals surface area contributed by atoms with Crippen LogP contribution in [-0.4, -0.2) is 45.9 Å². The van der Waals surface area contributed by atoms with Gasteiger partial charge in [-0.25, -0.2) is 0 Å². The van der Waals surface area contributed by atoms with Gasteiger partial charge in [0.25, 0.3) is 0 Å². The number of nitrogens with zero attached hydrogens (tertiary/aromatic N) is 2. The summed E-state index contributed by atoms with van der Waals surface area (Å²) in [4.78, 5) is 4.53. The van der Waals surface area contributed by atoms with Gasteiger partial charge in [-0.1, -0.05) is 0 Å².